The number of nitrogens with one attached hydrogen (secondary N) is 2. The maximum Gasteiger partial charge on any atom is 0.316 e. The number of hydrogen-bond donors (Lipinski definition) is 3. The first kappa shape index (κ1) is 15.7. The third-order valence-electron chi connectivity index (χ3n) is 4.45. The van der Waals surface area contributed by atoms with Crippen molar-refractivity contribution in [2.24, 2.45) is 17.1 Å². The Balaban J connectivity index is 1.90. The number of benzene rings is 1. The molecule has 1 aromatic rings. The molecule has 0 aliphatic heterocycles. The van der Waals surface area contributed by atoms with Gasteiger partial charge in [-0.05, 0) is 55.2 Å². The quantitative estimate of drug-likeness (QED) is 0.781. The highest BCUT2D eigenvalue weighted by atomic mass is 16.2. The Kier molecular flexibility index (Phi) is 4.76. The van der Waals surface area contributed by atoms with Crippen molar-refractivity contribution in [3.8, 4) is 0 Å². The van der Waals surface area contributed by atoms with Gasteiger partial charge in [-0.3, -0.25) is 0 Å². The van der Waals surface area contributed by atoms with Crippen LogP contribution in [0.3, 0.4) is 0 Å². The minimum absolute atomic E-state index is 0.413. The average molecular weight is 289 g/mol. The Morgan fingerprint density at radius 2 is 1.76 bits per heavy atom. The van der Waals surface area contributed by atoms with Gasteiger partial charge in [0, 0.05) is 17.4 Å². The molecule has 1 aliphatic rings. The number of nitrogens with two attached hydrogens (primary N) is 1. The lowest BCUT2D eigenvalue weighted by Gasteiger charge is -2.37. The van der Waals surface area contributed by atoms with Crippen LogP contribution in [-0.2, 0) is 0 Å². The predicted molar refractivity (Wildman–Crippen MR) is 88.5 cm³/mol. The number of amides is 2. The van der Waals surface area contributed by atoms with Crippen molar-refractivity contribution in [2.75, 3.05) is 10.6 Å². The molecule has 0 aromatic heterocycles. The van der Waals surface area contributed by atoms with Crippen LogP contribution in [0.1, 0.15) is 46.5 Å². The second-order valence-corrected chi connectivity index (χ2v) is 7.13. The third-order valence-corrected chi connectivity index (χ3v) is 4.45. The molecule has 0 spiro atoms. The van der Waals surface area contributed by atoms with Crippen LogP contribution in [0.15, 0.2) is 24.3 Å². The van der Waals surface area contributed by atoms with Gasteiger partial charge in [-0.2, -0.15) is 0 Å². The normalized spacial score (nSPS) is 22.6. The number of primary amides is 1. The Hall–Kier alpha value is -1.71. The Bertz CT molecular complexity index is 485. The van der Waals surface area contributed by atoms with Crippen LogP contribution in [0.25, 0.3) is 0 Å². The van der Waals surface area contributed by atoms with E-state index in [0.717, 1.165) is 17.3 Å². The zero-order valence-electron chi connectivity index (χ0n) is 13.3. The molecule has 21 heavy (non-hydrogen) atoms. The molecule has 4 N–H and O–H groups in total. The standard InChI is InChI=1S/C17H27N3O/c1-17(2,3)12-7-9-13(10-8-12)19-14-5-4-6-15(11-14)20-16(18)21/h4-6,11-13,19H,7-10H2,1-3H3,(H3,18,20,21). The van der Waals surface area contributed by atoms with Crippen LogP contribution >= 0.6 is 0 Å². The molecular formula is C17H27N3O. The van der Waals surface area contributed by atoms with E-state index in [1.165, 1.54) is 25.7 Å². The second kappa shape index (κ2) is 6.37. The maximum absolute atomic E-state index is 10.9. The highest BCUT2D eigenvalue weighted by molar-refractivity contribution is 5.88. The van der Waals surface area contributed by atoms with Crippen molar-refractivity contribution >= 4 is 17.4 Å². The average Bonchev–Trinajstić information content (AvgIpc) is 2.38. The van der Waals surface area contributed by atoms with E-state index in [0.29, 0.717) is 11.5 Å². The van der Waals surface area contributed by atoms with Crippen molar-refractivity contribution in [1.29, 1.82) is 0 Å². The van der Waals surface area contributed by atoms with E-state index in [-0.39, 0.29) is 0 Å². The minimum Gasteiger partial charge on any atom is -0.382 e. The summed E-state index contributed by atoms with van der Waals surface area (Å²) in [5, 5.41) is 6.18. The van der Waals surface area contributed by atoms with Gasteiger partial charge in [0.05, 0.1) is 0 Å². The molecule has 1 saturated carbocycles. The maximum atomic E-state index is 10.9. The first-order valence-electron chi connectivity index (χ1n) is 7.77. The largest absolute Gasteiger partial charge is 0.382 e. The number of urea groups is 1. The van der Waals surface area contributed by atoms with Crippen molar-refractivity contribution in [3.05, 3.63) is 24.3 Å². The number of rotatable bonds is 3. The van der Waals surface area contributed by atoms with Crippen molar-refractivity contribution < 1.29 is 4.79 Å². The van der Waals surface area contributed by atoms with Crippen LogP contribution in [0.5, 0.6) is 0 Å². The molecule has 1 aromatic carbocycles. The van der Waals surface area contributed by atoms with E-state index in [1.807, 2.05) is 24.3 Å². The summed E-state index contributed by atoms with van der Waals surface area (Å²) in [6.07, 6.45) is 4.96. The minimum atomic E-state index is -0.530. The fraction of sp³-hybridized carbons (Fsp3) is 0.588. The Morgan fingerprint density at radius 3 is 2.33 bits per heavy atom. The molecule has 2 rings (SSSR count). The van der Waals surface area contributed by atoms with Gasteiger partial charge in [0.2, 0.25) is 0 Å². The summed E-state index contributed by atoms with van der Waals surface area (Å²) < 4.78 is 0. The molecule has 1 aliphatic carbocycles. The molecular weight excluding hydrogens is 262 g/mol. The third kappa shape index (κ3) is 4.66. The summed E-state index contributed by atoms with van der Waals surface area (Å²) in [7, 11) is 0. The molecule has 116 valence electrons. The lowest BCUT2D eigenvalue weighted by atomic mass is 9.71. The zero-order valence-corrected chi connectivity index (χ0v) is 13.3. The van der Waals surface area contributed by atoms with E-state index in [2.05, 4.69) is 31.4 Å². The van der Waals surface area contributed by atoms with Gasteiger partial charge in [-0.25, -0.2) is 4.79 Å². The Morgan fingerprint density at radius 1 is 1.14 bits per heavy atom. The zero-order chi connectivity index (χ0) is 15.5. The lowest BCUT2D eigenvalue weighted by Crippen LogP contribution is -2.31. The highest BCUT2D eigenvalue weighted by Crippen LogP contribution is 2.38. The summed E-state index contributed by atoms with van der Waals surface area (Å²) in [5.41, 5.74) is 7.33. The highest BCUT2D eigenvalue weighted by Gasteiger charge is 2.29. The van der Waals surface area contributed by atoms with E-state index in [4.69, 9.17) is 5.73 Å². The summed E-state index contributed by atoms with van der Waals surface area (Å²) in [6.45, 7) is 7.01. The molecule has 4 heteroatoms. The van der Waals surface area contributed by atoms with Gasteiger partial charge in [-0.1, -0.05) is 26.8 Å². The van der Waals surface area contributed by atoms with E-state index >= 15 is 0 Å². The van der Waals surface area contributed by atoms with Crippen molar-refractivity contribution in [2.45, 2.75) is 52.5 Å². The van der Waals surface area contributed by atoms with Gasteiger partial charge >= 0.3 is 6.03 Å². The fourth-order valence-electron chi connectivity index (χ4n) is 3.17. The Labute approximate surface area is 127 Å². The van der Waals surface area contributed by atoms with E-state index in [1.54, 1.807) is 0 Å². The lowest BCUT2D eigenvalue weighted by molar-refractivity contribution is 0.173. The topological polar surface area (TPSA) is 67.2 Å². The summed E-state index contributed by atoms with van der Waals surface area (Å²) in [4.78, 5) is 10.9. The van der Waals surface area contributed by atoms with Gasteiger partial charge in [-0.15, -0.1) is 0 Å². The second-order valence-electron chi connectivity index (χ2n) is 7.13. The smallest absolute Gasteiger partial charge is 0.316 e. The molecule has 1 fully saturated rings. The molecule has 0 radical (unpaired) electrons. The van der Waals surface area contributed by atoms with Gasteiger partial charge in [0.1, 0.15) is 0 Å². The van der Waals surface area contributed by atoms with Gasteiger partial charge < -0.3 is 16.4 Å². The van der Waals surface area contributed by atoms with E-state index in [9.17, 15) is 4.79 Å². The number of anilines is 2. The molecule has 2 amide bonds. The summed E-state index contributed by atoms with van der Waals surface area (Å²) in [5.74, 6) is 0.818. The fourth-order valence-corrected chi connectivity index (χ4v) is 3.17. The van der Waals surface area contributed by atoms with Gasteiger partial charge in [0.25, 0.3) is 0 Å². The number of carbonyl (C=O) groups is 1. The van der Waals surface area contributed by atoms with Crippen molar-refractivity contribution in [3.63, 3.8) is 0 Å². The molecule has 0 saturated heterocycles. The predicted octanol–water partition coefficient (Wildman–Crippen LogP) is 4.19. The van der Waals surface area contributed by atoms with E-state index < -0.39 is 6.03 Å². The van der Waals surface area contributed by atoms with Crippen LogP contribution in [0, 0.1) is 11.3 Å². The summed E-state index contributed by atoms with van der Waals surface area (Å²) in [6, 6.07) is 7.72. The first-order chi connectivity index (χ1) is 9.84. The molecule has 0 unspecified atom stereocenters. The SMILES string of the molecule is CC(C)(C)C1CCC(Nc2cccc(NC(N)=O)c2)CC1. The van der Waals surface area contributed by atoms with Crippen molar-refractivity contribution in [1.82, 2.24) is 0 Å². The van der Waals surface area contributed by atoms with Crippen LogP contribution in [-0.4, -0.2) is 12.1 Å². The van der Waals surface area contributed by atoms with Crippen LogP contribution in [0.2, 0.25) is 0 Å². The number of hydrogen-bond acceptors (Lipinski definition) is 2. The van der Waals surface area contributed by atoms with Gasteiger partial charge in [0.15, 0.2) is 0 Å². The first-order valence-corrected chi connectivity index (χ1v) is 7.77. The molecule has 0 heterocycles. The summed E-state index contributed by atoms with van der Waals surface area (Å²) >= 11 is 0. The number of carbonyl (C=O) groups excluding carboxylic acids is 1. The van der Waals surface area contributed by atoms with Crippen LogP contribution in [0.4, 0.5) is 16.2 Å². The molecule has 0 bridgehead atoms. The molecule has 4 nitrogen and oxygen atoms in total. The van der Waals surface area contributed by atoms with Crippen LogP contribution < -0.4 is 16.4 Å². The molecule has 0 atom stereocenters. The monoisotopic (exact) mass is 289 g/mol.